The van der Waals surface area contributed by atoms with E-state index < -0.39 is 11.7 Å². The fraction of sp³-hybridized carbons (Fsp3) is 0.593. The van der Waals surface area contributed by atoms with Crippen molar-refractivity contribution in [3.8, 4) is 0 Å². The Balaban J connectivity index is 1.29. The number of likely N-dealkylation sites (tertiary alicyclic amines) is 2. The predicted molar refractivity (Wildman–Crippen MR) is 138 cm³/mol. The first kappa shape index (κ1) is 26.5. The number of amides is 2. The number of piperidine rings is 1. The highest BCUT2D eigenvalue weighted by atomic mass is 19.4. The lowest BCUT2D eigenvalue weighted by Crippen LogP contribution is -2.53. The Labute approximate surface area is 221 Å². The average molecular weight is 533 g/mol. The lowest BCUT2D eigenvalue weighted by molar-refractivity contribution is -0.137. The molecule has 3 aliphatic rings. The second-order valence-electron chi connectivity index (χ2n) is 10.8. The van der Waals surface area contributed by atoms with E-state index in [0.29, 0.717) is 31.1 Å². The monoisotopic (exact) mass is 532 g/mol. The second kappa shape index (κ2) is 10.2. The third-order valence-corrected chi connectivity index (χ3v) is 8.51. The van der Waals surface area contributed by atoms with Crippen LogP contribution >= 0.6 is 0 Å². The van der Waals surface area contributed by atoms with E-state index in [1.165, 1.54) is 28.6 Å². The number of aromatic nitrogens is 2. The molecule has 0 aliphatic carbocycles. The van der Waals surface area contributed by atoms with Gasteiger partial charge in [-0.25, -0.2) is 4.79 Å². The minimum absolute atomic E-state index is 0.0636. The molecule has 11 heteroatoms. The van der Waals surface area contributed by atoms with E-state index in [1.54, 1.807) is 30.3 Å². The van der Waals surface area contributed by atoms with E-state index >= 15 is 0 Å². The van der Waals surface area contributed by atoms with Crippen molar-refractivity contribution in [3.05, 3.63) is 41.6 Å². The molecule has 0 unspecified atom stereocenters. The van der Waals surface area contributed by atoms with Crippen LogP contribution in [0.3, 0.4) is 0 Å². The summed E-state index contributed by atoms with van der Waals surface area (Å²) in [5.74, 6) is 0.261. The van der Waals surface area contributed by atoms with Crippen LogP contribution in [0.25, 0.3) is 0 Å². The molecule has 4 heterocycles. The van der Waals surface area contributed by atoms with Gasteiger partial charge >= 0.3 is 12.2 Å². The molecular weight excluding hydrogens is 497 g/mol. The molecule has 2 aromatic rings. The molecule has 1 spiro atoms. The van der Waals surface area contributed by atoms with Crippen molar-refractivity contribution >= 4 is 23.4 Å². The Morgan fingerprint density at radius 3 is 2.37 bits per heavy atom. The Morgan fingerprint density at radius 2 is 1.71 bits per heavy atom. The van der Waals surface area contributed by atoms with Gasteiger partial charge in [-0.2, -0.15) is 17.9 Å². The molecule has 0 N–H and O–H groups in total. The van der Waals surface area contributed by atoms with Crippen LogP contribution in [0.1, 0.15) is 56.6 Å². The van der Waals surface area contributed by atoms with Crippen LogP contribution in [0.15, 0.2) is 30.5 Å². The summed E-state index contributed by atoms with van der Waals surface area (Å²) in [6.07, 6.45) is 2.87. The molecule has 3 aliphatic heterocycles. The van der Waals surface area contributed by atoms with Crippen molar-refractivity contribution in [2.75, 3.05) is 49.6 Å². The van der Waals surface area contributed by atoms with Crippen molar-refractivity contribution in [3.63, 3.8) is 0 Å². The lowest BCUT2D eigenvalue weighted by atomic mass is 9.84. The SMILES string of the molecule is CC(=O)N(C)c1ccn(C(=O)N2CCC3(CCCN3Cc3ccc(C(F)(F)F)cc3N3CCCC3)CC2)n1. The van der Waals surface area contributed by atoms with Gasteiger partial charge in [-0.05, 0) is 62.8 Å². The van der Waals surface area contributed by atoms with Crippen molar-refractivity contribution in [1.82, 2.24) is 19.6 Å². The Kier molecular flexibility index (Phi) is 7.15. The Bertz CT molecular complexity index is 1180. The number of benzene rings is 1. The molecule has 0 atom stereocenters. The highest BCUT2D eigenvalue weighted by Gasteiger charge is 2.44. The van der Waals surface area contributed by atoms with Gasteiger partial charge in [0.25, 0.3) is 0 Å². The van der Waals surface area contributed by atoms with Gasteiger partial charge < -0.3 is 9.80 Å². The summed E-state index contributed by atoms with van der Waals surface area (Å²) in [4.78, 5) is 32.4. The van der Waals surface area contributed by atoms with Gasteiger partial charge in [-0.15, -0.1) is 5.10 Å². The second-order valence-corrected chi connectivity index (χ2v) is 10.8. The number of anilines is 2. The van der Waals surface area contributed by atoms with Crippen LogP contribution in [0.2, 0.25) is 0 Å². The summed E-state index contributed by atoms with van der Waals surface area (Å²) in [5, 5.41) is 4.27. The van der Waals surface area contributed by atoms with Crippen molar-refractivity contribution in [2.24, 2.45) is 0 Å². The summed E-state index contributed by atoms with van der Waals surface area (Å²) in [5.41, 5.74) is 0.990. The first-order chi connectivity index (χ1) is 18.1. The first-order valence-corrected chi connectivity index (χ1v) is 13.4. The van der Waals surface area contributed by atoms with Crippen LogP contribution in [-0.2, 0) is 17.5 Å². The molecular formula is C27H35F3N6O2. The lowest BCUT2D eigenvalue weighted by Gasteiger charge is -2.45. The van der Waals surface area contributed by atoms with Crippen LogP contribution < -0.4 is 9.80 Å². The molecule has 5 rings (SSSR count). The molecule has 0 bridgehead atoms. The predicted octanol–water partition coefficient (Wildman–Crippen LogP) is 4.58. The Hall–Kier alpha value is -3.08. The molecule has 0 saturated carbocycles. The van der Waals surface area contributed by atoms with Gasteiger partial charge in [0.2, 0.25) is 5.91 Å². The molecule has 8 nitrogen and oxygen atoms in total. The van der Waals surface area contributed by atoms with Gasteiger partial charge in [-0.1, -0.05) is 6.07 Å². The highest BCUT2D eigenvalue weighted by Crippen LogP contribution is 2.41. The van der Waals surface area contributed by atoms with Crippen LogP contribution in [0, 0.1) is 0 Å². The van der Waals surface area contributed by atoms with Crippen molar-refractivity contribution in [2.45, 2.75) is 63.7 Å². The minimum atomic E-state index is -4.36. The summed E-state index contributed by atoms with van der Waals surface area (Å²) >= 11 is 0. The van der Waals surface area contributed by atoms with Gasteiger partial charge in [0.1, 0.15) is 0 Å². The molecule has 3 saturated heterocycles. The van der Waals surface area contributed by atoms with Gasteiger partial charge in [0, 0.05) is 70.2 Å². The highest BCUT2D eigenvalue weighted by molar-refractivity contribution is 5.90. The maximum absolute atomic E-state index is 13.5. The van der Waals surface area contributed by atoms with Crippen LogP contribution in [0.5, 0.6) is 0 Å². The Morgan fingerprint density at radius 1 is 1.00 bits per heavy atom. The molecule has 206 valence electrons. The van der Waals surface area contributed by atoms with E-state index in [4.69, 9.17) is 0 Å². The fourth-order valence-corrected chi connectivity index (χ4v) is 6.16. The number of halogens is 3. The summed E-state index contributed by atoms with van der Waals surface area (Å²) in [6.45, 7) is 5.68. The van der Waals surface area contributed by atoms with E-state index in [2.05, 4.69) is 14.9 Å². The normalized spacial score (nSPS) is 19.9. The number of carbonyl (C=O) groups is 2. The molecule has 38 heavy (non-hydrogen) atoms. The number of carbonyl (C=O) groups excluding carboxylic acids is 2. The summed E-state index contributed by atoms with van der Waals surface area (Å²) in [7, 11) is 1.62. The smallest absolute Gasteiger partial charge is 0.371 e. The summed E-state index contributed by atoms with van der Waals surface area (Å²) < 4.78 is 41.8. The zero-order valence-electron chi connectivity index (χ0n) is 22.0. The van der Waals surface area contributed by atoms with Gasteiger partial charge in [0.05, 0.1) is 5.56 Å². The number of rotatable bonds is 4. The van der Waals surface area contributed by atoms with Crippen LogP contribution in [-0.4, -0.2) is 76.8 Å². The zero-order chi connectivity index (χ0) is 27.1. The number of hydrogen-bond donors (Lipinski definition) is 0. The van der Waals surface area contributed by atoms with E-state index in [9.17, 15) is 22.8 Å². The van der Waals surface area contributed by atoms with Gasteiger partial charge in [0.15, 0.2) is 5.82 Å². The summed E-state index contributed by atoms with van der Waals surface area (Å²) in [6, 6.07) is 5.62. The van der Waals surface area contributed by atoms with Crippen LogP contribution in [0.4, 0.5) is 29.5 Å². The topological polar surface area (TPSA) is 64.9 Å². The average Bonchev–Trinajstić information content (AvgIpc) is 3.66. The first-order valence-electron chi connectivity index (χ1n) is 13.4. The van der Waals surface area contributed by atoms with Crippen molar-refractivity contribution in [1.29, 1.82) is 0 Å². The van der Waals surface area contributed by atoms with E-state index in [0.717, 1.165) is 63.7 Å². The third kappa shape index (κ3) is 5.12. The number of nitrogens with zero attached hydrogens (tertiary/aromatic N) is 6. The van der Waals surface area contributed by atoms with Crippen molar-refractivity contribution < 1.29 is 22.8 Å². The quantitative estimate of drug-likeness (QED) is 0.577. The van der Waals surface area contributed by atoms with E-state index in [1.807, 2.05) is 0 Å². The minimum Gasteiger partial charge on any atom is -0.371 e. The molecule has 2 amide bonds. The largest absolute Gasteiger partial charge is 0.416 e. The van der Waals surface area contributed by atoms with Gasteiger partial charge in [-0.3, -0.25) is 14.6 Å². The number of alkyl halides is 3. The molecule has 0 radical (unpaired) electrons. The molecule has 3 fully saturated rings. The molecule has 1 aromatic heterocycles. The zero-order valence-corrected chi connectivity index (χ0v) is 22.0. The fourth-order valence-electron chi connectivity index (χ4n) is 6.16. The maximum atomic E-state index is 13.5. The standard InChI is InChI=1S/C27H35F3N6O2/c1-20(37)32(2)24-8-15-36(31-24)25(38)34-16-10-26(11-17-34)9-5-14-35(26)19-21-6-7-22(27(28,29)30)18-23(21)33-12-3-4-13-33/h6-8,15,18H,3-5,9-14,16-17,19H2,1-2H3. The maximum Gasteiger partial charge on any atom is 0.416 e. The third-order valence-electron chi connectivity index (χ3n) is 8.51. The molecule has 1 aromatic carbocycles. The number of hydrogen-bond acceptors (Lipinski definition) is 5. The van der Waals surface area contributed by atoms with E-state index in [-0.39, 0.29) is 17.5 Å².